The summed E-state index contributed by atoms with van der Waals surface area (Å²) >= 11 is 3.77. The Balaban J connectivity index is 1.54. The lowest BCUT2D eigenvalue weighted by Crippen LogP contribution is -2.41. The van der Waals surface area contributed by atoms with Crippen LogP contribution in [0.1, 0.15) is 49.9 Å². The molecule has 1 heterocycles. The van der Waals surface area contributed by atoms with Crippen LogP contribution >= 0.6 is 15.9 Å². The third-order valence-electron chi connectivity index (χ3n) is 8.60. The first-order valence-corrected chi connectivity index (χ1v) is 13.0. The largest absolute Gasteiger partial charge is 0.494 e. The topological polar surface area (TPSA) is 18.5 Å². The minimum Gasteiger partial charge on any atom is -0.399 e. The maximum absolute atomic E-state index is 6.47. The van der Waals surface area contributed by atoms with Gasteiger partial charge in [-0.15, -0.1) is 0 Å². The minimum absolute atomic E-state index is 0.374. The summed E-state index contributed by atoms with van der Waals surface area (Å²) in [7, 11) is -0.398. The Kier molecular flexibility index (Phi) is 4.30. The first kappa shape index (κ1) is 21.6. The van der Waals surface area contributed by atoms with Crippen LogP contribution in [0.4, 0.5) is 0 Å². The molecule has 0 atom stereocenters. The number of hydrogen-bond acceptors (Lipinski definition) is 2. The fraction of sp³-hybridized carbons (Fsp3) is 0.226. The Morgan fingerprint density at radius 3 is 1.66 bits per heavy atom. The minimum atomic E-state index is -0.398. The SMILES string of the molecule is CC1(C)OB(c2ccc3c(c2)C2(c4ccccc4-c4ccccc42)c2cc(Br)ccc2-3)OC1(C)C. The van der Waals surface area contributed by atoms with Gasteiger partial charge in [0.1, 0.15) is 0 Å². The van der Waals surface area contributed by atoms with Crippen LogP contribution in [0, 0.1) is 0 Å². The zero-order valence-corrected chi connectivity index (χ0v) is 21.9. The zero-order valence-electron chi connectivity index (χ0n) is 20.4. The molecule has 0 radical (unpaired) electrons. The summed E-state index contributed by atoms with van der Waals surface area (Å²) in [6, 6.07) is 31.2. The van der Waals surface area contributed by atoms with E-state index >= 15 is 0 Å². The van der Waals surface area contributed by atoms with Gasteiger partial charge < -0.3 is 9.31 Å². The van der Waals surface area contributed by atoms with Crippen LogP contribution in [0.15, 0.2) is 89.4 Å². The molecule has 0 aromatic heterocycles. The van der Waals surface area contributed by atoms with Crippen molar-refractivity contribution in [1.82, 2.24) is 0 Å². The number of halogens is 1. The summed E-state index contributed by atoms with van der Waals surface area (Å²) < 4.78 is 14.0. The second-order valence-electron chi connectivity index (χ2n) is 10.9. The quantitative estimate of drug-likeness (QED) is 0.215. The predicted octanol–water partition coefficient (Wildman–Crippen LogP) is 7.09. The molecule has 0 N–H and O–H groups in total. The number of rotatable bonds is 1. The van der Waals surface area contributed by atoms with E-state index in [1.54, 1.807) is 0 Å². The van der Waals surface area contributed by atoms with Crippen molar-refractivity contribution in [2.75, 3.05) is 0 Å². The maximum Gasteiger partial charge on any atom is 0.494 e. The van der Waals surface area contributed by atoms with E-state index < -0.39 is 7.12 Å². The highest BCUT2D eigenvalue weighted by Gasteiger charge is 2.54. The molecule has 1 fully saturated rings. The molecule has 1 saturated heterocycles. The maximum atomic E-state index is 6.47. The van der Waals surface area contributed by atoms with Gasteiger partial charge in [-0.1, -0.05) is 88.7 Å². The second kappa shape index (κ2) is 6.97. The van der Waals surface area contributed by atoms with Gasteiger partial charge in [-0.3, -0.25) is 0 Å². The molecule has 7 rings (SSSR count). The first-order valence-electron chi connectivity index (χ1n) is 12.2. The van der Waals surface area contributed by atoms with Gasteiger partial charge in [0.05, 0.1) is 16.6 Å². The van der Waals surface area contributed by atoms with Crippen LogP contribution in [0.3, 0.4) is 0 Å². The summed E-state index contributed by atoms with van der Waals surface area (Å²) in [5.74, 6) is 0. The number of fused-ring (bicyclic) bond motifs is 10. The van der Waals surface area contributed by atoms with Gasteiger partial charge in [-0.2, -0.15) is 0 Å². The summed E-state index contributed by atoms with van der Waals surface area (Å²) in [4.78, 5) is 0. The zero-order chi connectivity index (χ0) is 24.2. The van der Waals surface area contributed by atoms with Gasteiger partial charge in [-0.05, 0) is 89.8 Å². The van der Waals surface area contributed by atoms with E-state index in [-0.39, 0.29) is 16.6 Å². The average molecular weight is 521 g/mol. The molecule has 35 heavy (non-hydrogen) atoms. The standard InChI is InChI=1S/C31H26BBrO2/c1-29(2)30(3,4)35-32(34-29)19-13-15-23-24-16-14-20(33)18-28(24)31(27(23)17-19)25-11-7-5-9-21(25)22-10-6-8-12-26(22)31/h5-18H,1-4H3. The van der Waals surface area contributed by atoms with E-state index in [9.17, 15) is 0 Å². The number of hydrogen-bond donors (Lipinski definition) is 0. The summed E-state index contributed by atoms with van der Waals surface area (Å²) in [5.41, 5.74) is 10.4. The molecule has 4 aromatic carbocycles. The smallest absolute Gasteiger partial charge is 0.399 e. The van der Waals surface area contributed by atoms with E-state index in [0.29, 0.717) is 0 Å². The molecule has 0 unspecified atom stereocenters. The van der Waals surface area contributed by atoms with E-state index in [1.807, 2.05) is 0 Å². The van der Waals surface area contributed by atoms with E-state index in [0.717, 1.165) is 9.94 Å². The molecule has 1 aliphatic heterocycles. The summed E-state index contributed by atoms with van der Waals surface area (Å²) in [6.45, 7) is 8.44. The Bertz CT molecular complexity index is 1480. The van der Waals surface area contributed by atoms with Gasteiger partial charge >= 0.3 is 7.12 Å². The van der Waals surface area contributed by atoms with Gasteiger partial charge in [0.25, 0.3) is 0 Å². The van der Waals surface area contributed by atoms with Crippen molar-refractivity contribution in [3.63, 3.8) is 0 Å². The molecule has 2 nitrogen and oxygen atoms in total. The molecule has 0 saturated carbocycles. The van der Waals surface area contributed by atoms with Crippen molar-refractivity contribution in [3.8, 4) is 22.3 Å². The second-order valence-corrected chi connectivity index (χ2v) is 11.8. The van der Waals surface area contributed by atoms with Gasteiger partial charge in [0.2, 0.25) is 0 Å². The Hall–Kier alpha value is -2.66. The third-order valence-corrected chi connectivity index (χ3v) is 9.09. The van der Waals surface area contributed by atoms with Gasteiger partial charge in [0.15, 0.2) is 0 Å². The van der Waals surface area contributed by atoms with Crippen molar-refractivity contribution >= 4 is 28.5 Å². The highest BCUT2D eigenvalue weighted by molar-refractivity contribution is 9.10. The van der Waals surface area contributed by atoms with Crippen molar-refractivity contribution in [2.24, 2.45) is 0 Å². The lowest BCUT2D eigenvalue weighted by Gasteiger charge is -2.32. The molecule has 1 spiro atoms. The fourth-order valence-electron chi connectivity index (χ4n) is 6.25. The van der Waals surface area contributed by atoms with Gasteiger partial charge in [-0.25, -0.2) is 0 Å². The Labute approximate surface area is 215 Å². The molecular weight excluding hydrogens is 495 g/mol. The molecule has 2 aliphatic carbocycles. The fourth-order valence-corrected chi connectivity index (χ4v) is 6.62. The van der Waals surface area contributed by atoms with Crippen molar-refractivity contribution in [1.29, 1.82) is 0 Å². The van der Waals surface area contributed by atoms with E-state index in [4.69, 9.17) is 9.31 Å². The Morgan fingerprint density at radius 2 is 1.06 bits per heavy atom. The average Bonchev–Trinajstić information content (AvgIpc) is 3.38. The molecule has 4 aromatic rings. The van der Waals surface area contributed by atoms with E-state index in [1.165, 1.54) is 44.5 Å². The van der Waals surface area contributed by atoms with Crippen molar-refractivity contribution in [3.05, 3.63) is 112 Å². The van der Waals surface area contributed by atoms with E-state index in [2.05, 4.69) is 129 Å². The summed E-state index contributed by atoms with van der Waals surface area (Å²) in [5, 5.41) is 0. The lowest BCUT2D eigenvalue weighted by atomic mass is 9.68. The molecule has 0 bridgehead atoms. The van der Waals surface area contributed by atoms with Crippen molar-refractivity contribution < 1.29 is 9.31 Å². The molecule has 3 aliphatic rings. The van der Waals surface area contributed by atoms with Crippen LogP contribution in [0.2, 0.25) is 0 Å². The monoisotopic (exact) mass is 520 g/mol. The summed E-state index contributed by atoms with van der Waals surface area (Å²) in [6.07, 6.45) is 0. The van der Waals surface area contributed by atoms with Crippen LogP contribution in [0.5, 0.6) is 0 Å². The molecule has 4 heteroatoms. The molecule has 0 amide bonds. The lowest BCUT2D eigenvalue weighted by molar-refractivity contribution is 0.00578. The predicted molar refractivity (Wildman–Crippen MR) is 146 cm³/mol. The van der Waals surface area contributed by atoms with Crippen LogP contribution in [-0.4, -0.2) is 18.3 Å². The van der Waals surface area contributed by atoms with Gasteiger partial charge in [0, 0.05) is 4.47 Å². The molecule has 172 valence electrons. The normalized spacial score (nSPS) is 19.4. The highest BCUT2D eigenvalue weighted by Crippen LogP contribution is 2.62. The van der Waals surface area contributed by atoms with Crippen LogP contribution in [0.25, 0.3) is 22.3 Å². The third kappa shape index (κ3) is 2.68. The molecular formula is C31H26BBrO2. The number of benzene rings is 4. The highest BCUT2D eigenvalue weighted by atomic mass is 79.9. The van der Waals surface area contributed by atoms with Crippen LogP contribution in [-0.2, 0) is 14.7 Å². The first-order chi connectivity index (χ1) is 16.7. The van der Waals surface area contributed by atoms with Crippen molar-refractivity contribution in [2.45, 2.75) is 44.3 Å². The van der Waals surface area contributed by atoms with Crippen LogP contribution < -0.4 is 5.46 Å². The Morgan fingerprint density at radius 1 is 0.571 bits per heavy atom.